The van der Waals surface area contributed by atoms with Gasteiger partial charge in [0, 0.05) is 18.9 Å². The molecule has 0 aromatic heterocycles. The zero-order chi connectivity index (χ0) is 37.9. The van der Waals surface area contributed by atoms with Crippen LogP contribution in [-0.4, -0.2) is 48.5 Å². The van der Waals surface area contributed by atoms with Gasteiger partial charge in [-0.1, -0.05) is 73.0 Å². The van der Waals surface area contributed by atoms with E-state index in [0.29, 0.717) is 47.5 Å². The molecule has 52 heavy (non-hydrogen) atoms. The number of aliphatic carboxylic acids is 1. The van der Waals surface area contributed by atoms with Crippen molar-refractivity contribution >= 4 is 11.9 Å². The van der Waals surface area contributed by atoms with Crippen LogP contribution in [0.2, 0.25) is 0 Å². The van der Waals surface area contributed by atoms with Gasteiger partial charge in [0.2, 0.25) is 5.91 Å². The molecule has 7 nitrogen and oxygen atoms in total. The predicted molar refractivity (Wildman–Crippen MR) is 206 cm³/mol. The predicted octanol–water partition coefficient (Wildman–Crippen LogP) is 9.39. The summed E-state index contributed by atoms with van der Waals surface area (Å²) in [4.78, 5) is 25.2. The van der Waals surface area contributed by atoms with Gasteiger partial charge in [-0.25, -0.2) is 4.79 Å². The number of ether oxygens (including phenoxy) is 2. The number of carbonyl (C=O) groups excluding carboxylic acids is 1. The van der Waals surface area contributed by atoms with Gasteiger partial charge in [-0.3, -0.25) is 4.79 Å². The van der Waals surface area contributed by atoms with Gasteiger partial charge >= 0.3 is 5.97 Å². The van der Waals surface area contributed by atoms with Crippen molar-refractivity contribution in [3.05, 3.63) is 35.4 Å². The van der Waals surface area contributed by atoms with Crippen LogP contribution in [0.15, 0.2) is 29.8 Å². The highest BCUT2D eigenvalue weighted by atomic mass is 16.5. The highest BCUT2D eigenvalue weighted by molar-refractivity contribution is 5.83. The van der Waals surface area contributed by atoms with Crippen LogP contribution in [-0.2, 0) is 16.0 Å². The van der Waals surface area contributed by atoms with E-state index >= 15 is 0 Å². The lowest BCUT2D eigenvalue weighted by molar-refractivity contribution is -0.201. The summed E-state index contributed by atoms with van der Waals surface area (Å²) in [6.45, 7) is 17.6. The van der Waals surface area contributed by atoms with Crippen LogP contribution in [0, 0.1) is 56.7 Å². The average molecular weight is 720 g/mol. The SMILES string of the molecule is COc1cc(C[C@@H](NC(=O)CCCC[C@@H]2CC(C)(C)C[C@@H]3C4=CC[C@H]5[C@@]6(C)CC[C@H](O)C(C)(C)[C@@H]6CC[C@@]5(C)[C@]4(C)CC[C@@H]23)C(=O)O)cc(OC)c1. The van der Waals surface area contributed by atoms with Gasteiger partial charge in [0.15, 0.2) is 0 Å². The Balaban J connectivity index is 1.10. The van der Waals surface area contributed by atoms with Crippen molar-refractivity contribution in [3.63, 3.8) is 0 Å². The normalized spacial score (nSPS) is 37.9. The van der Waals surface area contributed by atoms with Gasteiger partial charge in [-0.15, -0.1) is 0 Å². The van der Waals surface area contributed by atoms with E-state index in [0.717, 1.165) is 37.7 Å². The molecule has 5 aliphatic carbocycles. The molecule has 0 heterocycles. The van der Waals surface area contributed by atoms with Crippen molar-refractivity contribution < 1.29 is 29.3 Å². The van der Waals surface area contributed by atoms with Gasteiger partial charge in [0.25, 0.3) is 0 Å². The Labute approximate surface area is 314 Å². The van der Waals surface area contributed by atoms with Gasteiger partial charge in [0.1, 0.15) is 17.5 Å². The number of aliphatic hydroxyl groups is 1. The first-order valence-corrected chi connectivity index (χ1v) is 20.5. The first-order valence-electron chi connectivity index (χ1n) is 20.5. The summed E-state index contributed by atoms with van der Waals surface area (Å²) in [5.41, 5.74) is 3.54. The van der Waals surface area contributed by atoms with E-state index in [1.54, 1.807) is 38.0 Å². The fraction of sp³-hybridized carbons (Fsp3) is 0.778. The molecule has 0 spiro atoms. The number of carboxylic acid groups (broad SMARTS) is 1. The van der Waals surface area contributed by atoms with Gasteiger partial charge < -0.3 is 25.0 Å². The maximum absolute atomic E-state index is 13.0. The van der Waals surface area contributed by atoms with Crippen LogP contribution in [0.25, 0.3) is 0 Å². The third-order valence-electron chi connectivity index (χ3n) is 16.3. The lowest BCUT2D eigenvalue weighted by Crippen LogP contribution is -2.64. The summed E-state index contributed by atoms with van der Waals surface area (Å²) in [5.74, 6) is 3.15. The smallest absolute Gasteiger partial charge is 0.326 e. The molecule has 290 valence electrons. The van der Waals surface area contributed by atoms with E-state index in [1.165, 1.54) is 44.9 Å². The molecule has 5 aliphatic rings. The minimum absolute atomic E-state index is 0.0262. The summed E-state index contributed by atoms with van der Waals surface area (Å²) in [5, 5.41) is 23.8. The number of amides is 1. The van der Waals surface area contributed by atoms with Crippen molar-refractivity contribution in [2.75, 3.05) is 14.2 Å². The van der Waals surface area contributed by atoms with Crippen LogP contribution in [0.4, 0.5) is 0 Å². The van der Waals surface area contributed by atoms with E-state index in [2.05, 4.69) is 59.9 Å². The summed E-state index contributed by atoms with van der Waals surface area (Å²) < 4.78 is 10.7. The molecule has 6 rings (SSSR count). The number of allylic oxidation sites excluding steroid dienone is 2. The average Bonchev–Trinajstić information content (AvgIpc) is 3.07. The summed E-state index contributed by atoms with van der Waals surface area (Å²) >= 11 is 0. The number of unbranched alkanes of at least 4 members (excludes halogenated alkanes) is 1. The third kappa shape index (κ3) is 6.83. The first-order chi connectivity index (χ1) is 24.4. The Kier molecular flexibility index (Phi) is 10.7. The maximum Gasteiger partial charge on any atom is 0.326 e. The van der Waals surface area contributed by atoms with E-state index in [1.807, 2.05) is 0 Å². The molecule has 0 bridgehead atoms. The molecule has 7 heteroatoms. The fourth-order valence-electron chi connectivity index (χ4n) is 13.5. The summed E-state index contributed by atoms with van der Waals surface area (Å²) in [6.07, 6.45) is 16.8. The molecule has 0 unspecified atom stereocenters. The molecule has 10 atom stereocenters. The van der Waals surface area contributed by atoms with Crippen molar-refractivity contribution in [1.29, 1.82) is 0 Å². The highest BCUT2D eigenvalue weighted by Gasteiger charge is 2.67. The number of aliphatic hydroxyl groups excluding tert-OH is 1. The van der Waals surface area contributed by atoms with Gasteiger partial charge in [-0.2, -0.15) is 0 Å². The molecule has 0 aliphatic heterocycles. The topological polar surface area (TPSA) is 105 Å². The lowest BCUT2D eigenvalue weighted by Gasteiger charge is -2.70. The van der Waals surface area contributed by atoms with Crippen LogP contribution in [0.1, 0.15) is 138 Å². The van der Waals surface area contributed by atoms with Crippen LogP contribution in [0.3, 0.4) is 0 Å². The second-order valence-corrected chi connectivity index (χ2v) is 19.9. The molecular weight excluding hydrogens is 650 g/mol. The maximum atomic E-state index is 13.0. The molecule has 0 radical (unpaired) electrons. The number of carbonyl (C=O) groups is 2. The van der Waals surface area contributed by atoms with Crippen molar-refractivity contribution in [3.8, 4) is 11.5 Å². The van der Waals surface area contributed by atoms with Gasteiger partial charge in [0.05, 0.1) is 20.3 Å². The number of carboxylic acids is 1. The number of hydrogen-bond acceptors (Lipinski definition) is 5. The molecule has 3 N–H and O–H groups in total. The van der Waals surface area contributed by atoms with E-state index in [4.69, 9.17) is 9.47 Å². The molecular formula is C45H69NO6. The second kappa shape index (κ2) is 14.3. The summed E-state index contributed by atoms with van der Waals surface area (Å²) in [6, 6.07) is 4.30. The number of methoxy groups -OCH3 is 2. The highest BCUT2D eigenvalue weighted by Crippen LogP contribution is 2.74. The molecule has 4 fully saturated rings. The Morgan fingerprint density at radius 2 is 1.58 bits per heavy atom. The Hall–Kier alpha value is -2.54. The van der Waals surface area contributed by atoms with Gasteiger partial charge in [-0.05, 0) is 139 Å². The number of fused-ring (bicyclic) bond motifs is 7. The Morgan fingerprint density at radius 1 is 0.885 bits per heavy atom. The monoisotopic (exact) mass is 720 g/mol. The zero-order valence-electron chi connectivity index (χ0n) is 33.8. The van der Waals surface area contributed by atoms with E-state index in [-0.39, 0.29) is 45.5 Å². The lowest BCUT2D eigenvalue weighted by atomic mass is 9.34. The second-order valence-electron chi connectivity index (χ2n) is 19.9. The minimum Gasteiger partial charge on any atom is -0.497 e. The van der Waals surface area contributed by atoms with E-state index < -0.39 is 12.0 Å². The molecule has 0 saturated heterocycles. The molecule has 1 aromatic carbocycles. The Bertz CT molecular complexity index is 1510. The number of rotatable bonds is 11. The largest absolute Gasteiger partial charge is 0.497 e. The van der Waals surface area contributed by atoms with Crippen molar-refractivity contribution in [2.45, 2.75) is 151 Å². The number of hydrogen-bond donors (Lipinski definition) is 3. The summed E-state index contributed by atoms with van der Waals surface area (Å²) in [7, 11) is 3.12. The van der Waals surface area contributed by atoms with Crippen LogP contribution < -0.4 is 14.8 Å². The van der Waals surface area contributed by atoms with Crippen molar-refractivity contribution in [1.82, 2.24) is 5.32 Å². The Morgan fingerprint density at radius 3 is 2.23 bits per heavy atom. The quantitative estimate of drug-likeness (QED) is 0.156. The van der Waals surface area contributed by atoms with E-state index in [9.17, 15) is 19.8 Å². The number of benzene rings is 1. The molecule has 4 saturated carbocycles. The van der Waals surface area contributed by atoms with Crippen LogP contribution in [0.5, 0.6) is 11.5 Å². The molecule has 1 aromatic rings. The third-order valence-corrected chi connectivity index (χ3v) is 16.3. The van der Waals surface area contributed by atoms with Crippen molar-refractivity contribution in [2.24, 2.45) is 56.7 Å². The first kappa shape index (κ1) is 39.2. The fourth-order valence-corrected chi connectivity index (χ4v) is 13.5. The number of nitrogens with one attached hydrogen (secondary N) is 1. The zero-order valence-corrected chi connectivity index (χ0v) is 33.8. The minimum atomic E-state index is -1.05. The molecule has 1 amide bonds. The van der Waals surface area contributed by atoms with Crippen LogP contribution >= 0.6 is 0 Å². The standard InChI is InChI=1S/C45H69NO6/c1-41(2)26-29(12-10-11-13-39(48)46-35(40(49)50)24-28-22-30(51-8)25-31(23-28)52-9)32-16-20-44(6)34(33(32)27-41)14-15-37-43(5)19-18-38(47)42(3,4)36(43)17-21-45(37,44)7/h14,22-23,25,29,32-33,35-38,47H,10-13,15-21,24,26-27H2,1-9H3,(H,46,48)(H,49,50)/t29-,32+,33+,35-,36+,37+,38+,43+,44-,45-/m1/s1.